The fraction of sp³-hybridized carbons (Fsp3) is 1.00. The van der Waals surface area contributed by atoms with Gasteiger partial charge >= 0.3 is 0 Å². The molecular weight excluding hydrogens is 274 g/mol. The van der Waals surface area contributed by atoms with Gasteiger partial charge in [-0.3, -0.25) is 0 Å². The van der Waals surface area contributed by atoms with E-state index in [0.29, 0.717) is 13.2 Å². The lowest BCUT2D eigenvalue weighted by molar-refractivity contribution is -0.128. The highest BCUT2D eigenvalue weighted by Crippen LogP contribution is 2.39. The highest BCUT2D eigenvalue weighted by atomic mass is 127. The molecule has 2 heterocycles. The molecule has 6 heteroatoms. The lowest BCUT2D eigenvalue weighted by Crippen LogP contribution is -2.44. The minimum absolute atomic E-state index is 0.0275. The molecule has 68 valence electrons. The molecule has 2 fully saturated rings. The zero-order valence-electron chi connectivity index (χ0n) is 6.70. The van der Waals surface area contributed by atoms with Crippen molar-refractivity contribution in [3.63, 3.8) is 0 Å². The van der Waals surface area contributed by atoms with Gasteiger partial charge in [-0.25, -0.2) is 0 Å². The minimum Gasteiger partial charge on any atom is -0.387 e. The van der Waals surface area contributed by atoms with E-state index in [0.717, 1.165) is 0 Å². The molecule has 2 aliphatic rings. The summed E-state index contributed by atoms with van der Waals surface area (Å²) in [7, 11) is 1.90. The number of halogens is 1. The van der Waals surface area contributed by atoms with Crippen molar-refractivity contribution in [3.05, 3.63) is 0 Å². The predicted octanol–water partition coefficient (Wildman–Crippen LogP) is -1.16. The topological polar surface area (TPSA) is 47.9 Å². The molecule has 0 aromatic heterocycles. The van der Waals surface area contributed by atoms with Gasteiger partial charge in [-0.2, -0.15) is 0 Å². The first kappa shape index (κ1) is 9.20. The van der Waals surface area contributed by atoms with Crippen LogP contribution in [0.25, 0.3) is 0 Å². The maximum atomic E-state index is 9.75. The van der Waals surface area contributed by atoms with Gasteiger partial charge in [0.05, 0.1) is 19.2 Å². The molecule has 0 amide bonds. The first-order valence-electron chi connectivity index (χ1n) is 3.91. The van der Waals surface area contributed by atoms with Gasteiger partial charge in [-0.1, -0.05) is 0 Å². The van der Waals surface area contributed by atoms with Crippen molar-refractivity contribution >= 4 is 30.9 Å². The Balaban J connectivity index is 2.15. The van der Waals surface area contributed by atoms with Gasteiger partial charge in [0.2, 0.25) is 0 Å². The third-order valence-electron chi connectivity index (χ3n) is 2.55. The monoisotopic (exact) mass is 284 g/mol. The molecule has 0 spiro atoms. The summed E-state index contributed by atoms with van der Waals surface area (Å²) >= 11 is 1.80. The zero-order valence-corrected chi connectivity index (χ0v) is 8.85. The van der Waals surface area contributed by atoms with E-state index in [1.807, 2.05) is 7.85 Å². The van der Waals surface area contributed by atoms with Crippen molar-refractivity contribution in [2.24, 2.45) is 0 Å². The van der Waals surface area contributed by atoms with Crippen LogP contribution in [0.3, 0.4) is 0 Å². The quantitative estimate of drug-likeness (QED) is 0.513. The van der Waals surface area contributed by atoms with E-state index in [1.54, 1.807) is 23.0 Å². The first-order chi connectivity index (χ1) is 5.69. The summed E-state index contributed by atoms with van der Waals surface area (Å²) in [5.74, 6) is 0. The number of aliphatic hydroxyl groups excluding tert-OH is 1. The Kier molecular flexibility index (Phi) is 2.37. The van der Waals surface area contributed by atoms with Crippen LogP contribution in [0, 0.1) is 0 Å². The number of rotatable bonds is 2. The lowest BCUT2D eigenvalue weighted by Gasteiger charge is -2.28. The number of ether oxygens (including phenoxy) is 2. The van der Waals surface area contributed by atoms with Crippen molar-refractivity contribution in [1.29, 1.82) is 0 Å². The number of hydrogen-bond acceptors (Lipinski definition) is 4. The molecule has 4 atom stereocenters. The summed E-state index contributed by atoms with van der Waals surface area (Å²) in [6.07, 6.45) is -0.709. The highest BCUT2D eigenvalue weighted by molar-refractivity contribution is 14.1. The minimum atomic E-state index is -0.606. The Hall–Kier alpha value is 0.635. The molecule has 0 aromatic carbocycles. The van der Waals surface area contributed by atoms with Crippen molar-refractivity contribution in [1.82, 2.24) is 0 Å². The highest BCUT2D eigenvalue weighted by Gasteiger charge is 2.59. The molecule has 12 heavy (non-hydrogen) atoms. The molecule has 2 unspecified atom stereocenters. The standard InChI is InChI=1S/C6H10BIO4/c7-5-3-4(9)6(12-5,1-10-3)2-11-8/h3-5,9H,1-2,7H2/t3?,4?,5-,6-/m1/s1. The normalized spacial score (nSPS) is 51.7. The van der Waals surface area contributed by atoms with Gasteiger partial charge in [-0.15, -0.1) is 0 Å². The van der Waals surface area contributed by atoms with Crippen LogP contribution in [0.15, 0.2) is 0 Å². The van der Waals surface area contributed by atoms with Crippen molar-refractivity contribution in [3.8, 4) is 0 Å². The largest absolute Gasteiger partial charge is 0.387 e. The third kappa shape index (κ3) is 1.12. The number of fused-ring (bicyclic) bond motifs is 2. The van der Waals surface area contributed by atoms with Crippen molar-refractivity contribution < 1.29 is 17.6 Å². The molecule has 0 aliphatic carbocycles. The van der Waals surface area contributed by atoms with Gasteiger partial charge < -0.3 is 17.6 Å². The second kappa shape index (κ2) is 3.09. The van der Waals surface area contributed by atoms with Crippen LogP contribution < -0.4 is 0 Å². The molecule has 2 rings (SSSR count). The fourth-order valence-corrected chi connectivity index (χ4v) is 2.43. The second-order valence-corrected chi connectivity index (χ2v) is 3.98. The Morgan fingerprint density at radius 3 is 2.92 bits per heavy atom. The summed E-state index contributed by atoms with van der Waals surface area (Å²) in [6, 6.07) is -0.0275. The number of aliphatic hydroxyl groups is 1. The van der Waals surface area contributed by atoms with E-state index in [2.05, 4.69) is 0 Å². The van der Waals surface area contributed by atoms with Gasteiger partial charge in [0.15, 0.2) is 0 Å². The summed E-state index contributed by atoms with van der Waals surface area (Å²) in [5, 5.41) is 9.75. The Labute approximate surface area is 85.7 Å². The Morgan fingerprint density at radius 1 is 1.75 bits per heavy atom. The van der Waals surface area contributed by atoms with Crippen LogP contribution in [0.2, 0.25) is 0 Å². The van der Waals surface area contributed by atoms with Crippen LogP contribution in [0.4, 0.5) is 0 Å². The summed E-state index contributed by atoms with van der Waals surface area (Å²) in [6.45, 7) is 0.821. The van der Waals surface area contributed by atoms with Crippen LogP contribution in [0.1, 0.15) is 0 Å². The van der Waals surface area contributed by atoms with Crippen LogP contribution in [0.5, 0.6) is 0 Å². The van der Waals surface area contributed by atoms with E-state index in [9.17, 15) is 5.11 Å². The van der Waals surface area contributed by atoms with Crippen LogP contribution in [-0.2, 0) is 12.5 Å². The van der Waals surface area contributed by atoms with Crippen LogP contribution >= 0.6 is 23.0 Å². The van der Waals surface area contributed by atoms with Gasteiger partial charge in [0.1, 0.15) is 48.7 Å². The van der Waals surface area contributed by atoms with E-state index in [4.69, 9.17) is 12.5 Å². The fourth-order valence-electron chi connectivity index (χ4n) is 1.90. The van der Waals surface area contributed by atoms with E-state index < -0.39 is 11.7 Å². The average Bonchev–Trinajstić information content (AvgIpc) is 2.41. The summed E-state index contributed by atoms with van der Waals surface area (Å²) in [4.78, 5) is 0. The molecule has 4 nitrogen and oxygen atoms in total. The molecule has 2 aliphatic heterocycles. The molecular formula is C6H10BIO4. The van der Waals surface area contributed by atoms with E-state index in [-0.39, 0.29) is 12.1 Å². The zero-order chi connectivity index (χ0) is 8.77. The second-order valence-electron chi connectivity index (χ2n) is 3.36. The lowest BCUT2D eigenvalue weighted by atomic mass is 9.92. The number of hydrogen-bond donors (Lipinski definition) is 1. The van der Waals surface area contributed by atoms with Gasteiger partial charge in [0, 0.05) is 0 Å². The molecule has 2 bridgehead atoms. The molecule has 0 aromatic rings. The predicted molar refractivity (Wildman–Crippen MR) is 51.9 cm³/mol. The molecule has 2 saturated heterocycles. The van der Waals surface area contributed by atoms with Crippen molar-refractivity contribution in [2.45, 2.75) is 23.8 Å². The molecule has 0 radical (unpaired) electrons. The third-order valence-corrected chi connectivity index (χ3v) is 2.86. The average molecular weight is 284 g/mol. The van der Waals surface area contributed by atoms with Gasteiger partial charge in [0.25, 0.3) is 0 Å². The van der Waals surface area contributed by atoms with E-state index in [1.165, 1.54) is 0 Å². The summed E-state index contributed by atoms with van der Waals surface area (Å²) < 4.78 is 15.9. The SMILES string of the molecule is B[C@@H]1O[C@@]2(COI)COC1C2O. The van der Waals surface area contributed by atoms with E-state index >= 15 is 0 Å². The molecule has 1 N–H and O–H groups in total. The maximum Gasteiger partial charge on any atom is 0.143 e. The molecule has 0 saturated carbocycles. The Bertz CT molecular complexity index is 192. The first-order valence-corrected chi connectivity index (χ1v) is 4.79. The smallest absolute Gasteiger partial charge is 0.143 e. The van der Waals surface area contributed by atoms with Crippen molar-refractivity contribution in [2.75, 3.05) is 13.2 Å². The maximum absolute atomic E-state index is 9.75. The Morgan fingerprint density at radius 2 is 2.50 bits per heavy atom. The van der Waals surface area contributed by atoms with Crippen LogP contribution in [-0.4, -0.2) is 50.0 Å². The summed E-state index contributed by atoms with van der Waals surface area (Å²) in [5.41, 5.74) is -0.606. The van der Waals surface area contributed by atoms with Gasteiger partial charge in [-0.05, 0) is 0 Å².